The predicted octanol–water partition coefficient (Wildman–Crippen LogP) is 3.07. The van der Waals surface area contributed by atoms with Gasteiger partial charge in [-0.2, -0.15) is 4.98 Å². The molecule has 0 radical (unpaired) electrons. The number of carbonyl (C=O) groups excluding carboxylic acids is 1. The second-order valence-corrected chi connectivity index (χ2v) is 8.10. The number of aryl methyl sites for hydroxylation is 2. The Labute approximate surface area is 168 Å². The molecule has 1 amide bonds. The molecule has 4 rings (SSSR count). The summed E-state index contributed by atoms with van der Waals surface area (Å²) in [6.45, 7) is 7.24. The van der Waals surface area contributed by atoms with E-state index in [0.717, 1.165) is 23.6 Å². The third-order valence-corrected chi connectivity index (χ3v) is 5.61. The topological polar surface area (TPSA) is 75.4 Å². The maximum absolute atomic E-state index is 12.3. The number of amides is 1. The summed E-state index contributed by atoms with van der Waals surface area (Å²) in [5, 5.41) is 7.90. The highest BCUT2D eigenvalue weighted by molar-refractivity contribution is 7.99. The predicted molar refractivity (Wildman–Crippen MR) is 111 cm³/mol. The summed E-state index contributed by atoms with van der Waals surface area (Å²) in [6.07, 6.45) is 2.59. The molecule has 2 aromatic heterocycles. The first kappa shape index (κ1) is 18.9. The molecule has 28 heavy (non-hydrogen) atoms. The van der Waals surface area contributed by atoms with Crippen molar-refractivity contribution in [1.82, 2.24) is 24.5 Å². The van der Waals surface area contributed by atoms with Crippen LogP contribution in [0.4, 0.5) is 5.69 Å². The number of nitrogens with zero attached hydrogens (tertiary/aromatic N) is 5. The van der Waals surface area contributed by atoms with Gasteiger partial charge in [0.05, 0.1) is 5.75 Å². The van der Waals surface area contributed by atoms with Crippen molar-refractivity contribution in [2.24, 2.45) is 0 Å². The molecule has 0 spiro atoms. The van der Waals surface area contributed by atoms with Crippen LogP contribution in [-0.4, -0.2) is 49.2 Å². The highest BCUT2D eigenvalue weighted by Gasteiger charge is 2.13. The highest BCUT2D eigenvalue weighted by atomic mass is 32.2. The van der Waals surface area contributed by atoms with E-state index in [2.05, 4.69) is 37.4 Å². The fourth-order valence-electron chi connectivity index (χ4n) is 3.43. The van der Waals surface area contributed by atoms with E-state index < -0.39 is 0 Å². The standard InChI is InChI=1S/C20H24N6OS/c1-14-11-15(2)26-19(21-14)23-20(24-26)28-13-18(27)22-17-7-5-16(6-8-17)12-25-9-3-4-10-25/h5-8,11H,3-4,9-10,12-13H2,1-2H3,(H,22,27). The van der Waals surface area contributed by atoms with Crippen LogP contribution in [0.2, 0.25) is 0 Å². The molecule has 0 bridgehead atoms. The zero-order valence-corrected chi connectivity index (χ0v) is 17.0. The maximum atomic E-state index is 12.3. The van der Waals surface area contributed by atoms with Crippen LogP contribution in [0.15, 0.2) is 35.5 Å². The summed E-state index contributed by atoms with van der Waals surface area (Å²) in [5.74, 6) is 0.746. The number of nitrogens with one attached hydrogen (secondary N) is 1. The first-order valence-electron chi connectivity index (χ1n) is 9.52. The van der Waals surface area contributed by atoms with Crippen molar-refractivity contribution in [3.8, 4) is 0 Å². The van der Waals surface area contributed by atoms with Gasteiger partial charge < -0.3 is 5.32 Å². The van der Waals surface area contributed by atoms with Gasteiger partial charge in [0.25, 0.3) is 5.78 Å². The summed E-state index contributed by atoms with van der Waals surface area (Å²) in [5.41, 5.74) is 3.97. The largest absolute Gasteiger partial charge is 0.325 e. The average molecular weight is 397 g/mol. The lowest BCUT2D eigenvalue weighted by atomic mass is 10.2. The van der Waals surface area contributed by atoms with Gasteiger partial charge in [0.15, 0.2) is 0 Å². The minimum Gasteiger partial charge on any atom is -0.325 e. The summed E-state index contributed by atoms with van der Waals surface area (Å²) >= 11 is 1.31. The Balaban J connectivity index is 1.31. The maximum Gasteiger partial charge on any atom is 0.253 e. The zero-order valence-electron chi connectivity index (χ0n) is 16.2. The van der Waals surface area contributed by atoms with Crippen molar-refractivity contribution in [1.29, 1.82) is 0 Å². The number of benzene rings is 1. The first-order chi connectivity index (χ1) is 13.6. The van der Waals surface area contributed by atoms with Crippen molar-refractivity contribution in [3.63, 3.8) is 0 Å². The summed E-state index contributed by atoms with van der Waals surface area (Å²) in [7, 11) is 0. The fourth-order valence-corrected chi connectivity index (χ4v) is 4.05. The Morgan fingerprint density at radius 3 is 2.64 bits per heavy atom. The van der Waals surface area contributed by atoms with Gasteiger partial charge in [0.2, 0.25) is 11.1 Å². The molecule has 1 saturated heterocycles. The van der Waals surface area contributed by atoms with Crippen molar-refractivity contribution in [2.75, 3.05) is 24.2 Å². The van der Waals surface area contributed by atoms with Gasteiger partial charge in [-0.25, -0.2) is 9.50 Å². The second-order valence-electron chi connectivity index (χ2n) is 7.16. The van der Waals surface area contributed by atoms with Crippen LogP contribution in [-0.2, 0) is 11.3 Å². The molecular formula is C20H24N6OS. The van der Waals surface area contributed by atoms with Crippen LogP contribution in [0.5, 0.6) is 0 Å². The van der Waals surface area contributed by atoms with Gasteiger partial charge in [-0.1, -0.05) is 23.9 Å². The number of hydrogen-bond acceptors (Lipinski definition) is 6. The summed E-state index contributed by atoms with van der Waals surface area (Å²) in [4.78, 5) is 23.5. The molecule has 1 N–H and O–H groups in total. The number of fused-ring (bicyclic) bond motifs is 1. The molecule has 0 atom stereocenters. The van der Waals surface area contributed by atoms with E-state index in [4.69, 9.17) is 0 Å². The van der Waals surface area contributed by atoms with Gasteiger partial charge in [-0.3, -0.25) is 9.69 Å². The van der Waals surface area contributed by atoms with Crippen molar-refractivity contribution in [3.05, 3.63) is 47.3 Å². The van der Waals surface area contributed by atoms with Crippen molar-refractivity contribution >= 4 is 29.1 Å². The number of hydrogen-bond donors (Lipinski definition) is 1. The fraction of sp³-hybridized carbons (Fsp3) is 0.400. The van der Waals surface area contributed by atoms with Crippen LogP contribution < -0.4 is 5.32 Å². The quantitative estimate of drug-likeness (QED) is 0.646. The third-order valence-electron chi connectivity index (χ3n) is 4.77. The van der Waals surface area contributed by atoms with Crippen LogP contribution in [0.1, 0.15) is 29.8 Å². The van der Waals surface area contributed by atoms with Gasteiger partial charge >= 0.3 is 0 Å². The zero-order chi connectivity index (χ0) is 19.5. The normalized spacial score (nSPS) is 14.6. The van der Waals surface area contributed by atoms with E-state index in [1.54, 1.807) is 4.52 Å². The van der Waals surface area contributed by atoms with Gasteiger partial charge in [0.1, 0.15) is 0 Å². The van der Waals surface area contributed by atoms with E-state index in [9.17, 15) is 4.79 Å². The van der Waals surface area contributed by atoms with Crippen LogP contribution in [0.25, 0.3) is 5.78 Å². The molecule has 0 saturated carbocycles. The van der Waals surface area contributed by atoms with E-state index in [-0.39, 0.29) is 11.7 Å². The average Bonchev–Trinajstić information content (AvgIpc) is 3.31. The molecule has 3 aromatic rings. The molecule has 0 aliphatic carbocycles. The van der Waals surface area contributed by atoms with Crippen molar-refractivity contribution in [2.45, 2.75) is 38.4 Å². The van der Waals surface area contributed by atoms with Crippen molar-refractivity contribution < 1.29 is 4.79 Å². The Bertz CT molecular complexity index is 978. The van der Waals surface area contributed by atoms with Gasteiger partial charge in [-0.05, 0) is 63.5 Å². The lowest BCUT2D eigenvalue weighted by Crippen LogP contribution is -2.18. The summed E-state index contributed by atoms with van der Waals surface area (Å²) in [6, 6.07) is 10.1. The summed E-state index contributed by atoms with van der Waals surface area (Å²) < 4.78 is 1.70. The molecule has 1 aromatic carbocycles. The molecule has 1 fully saturated rings. The lowest BCUT2D eigenvalue weighted by Gasteiger charge is -2.14. The molecule has 7 nitrogen and oxygen atoms in total. The van der Waals surface area contributed by atoms with Crippen LogP contribution in [0, 0.1) is 13.8 Å². The lowest BCUT2D eigenvalue weighted by molar-refractivity contribution is -0.113. The minimum atomic E-state index is -0.0722. The second kappa shape index (κ2) is 8.28. The number of carbonyl (C=O) groups is 1. The minimum absolute atomic E-state index is 0.0722. The number of thioether (sulfide) groups is 1. The van der Waals surface area contributed by atoms with E-state index in [0.29, 0.717) is 10.9 Å². The van der Waals surface area contributed by atoms with Gasteiger partial charge in [0, 0.05) is 23.6 Å². The molecule has 146 valence electrons. The smallest absolute Gasteiger partial charge is 0.253 e. The van der Waals surface area contributed by atoms with Gasteiger partial charge in [-0.15, -0.1) is 5.10 Å². The number of anilines is 1. The monoisotopic (exact) mass is 396 g/mol. The SMILES string of the molecule is Cc1cc(C)n2nc(SCC(=O)Nc3ccc(CN4CCCC4)cc3)nc2n1. The van der Waals surface area contributed by atoms with E-state index >= 15 is 0 Å². The van der Waals surface area contributed by atoms with Crippen LogP contribution >= 0.6 is 11.8 Å². The number of aromatic nitrogens is 4. The molecule has 8 heteroatoms. The highest BCUT2D eigenvalue weighted by Crippen LogP contribution is 2.18. The Morgan fingerprint density at radius 1 is 1.14 bits per heavy atom. The van der Waals surface area contributed by atoms with Crippen LogP contribution in [0.3, 0.4) is 0 Å². The Hall–Kier alpha value is -2.45. The molecular weight excluding hydrogens is 372 g/mol. The Kier molecular flexibility index (Phi) is 5.59. The number of rotatable bonds is 6. The van der Waals surface area contributed by atoms with E-state index in [1.807, 2.05) is 32.0 Å². The first-order valence-corrected chi connectivity index (χ1v) is 10.5. The third kappa shape index (κ3) is 4.51. The molecule has 0 unspecified atom stereocenters. The number of likely N-dealkylation sites (tertiary alicyclic amines) is 1. The molecule has 1 aliphatic rings. The molecule has 3 heterocycles. The Morgan fingerprint density at radius 2 is 1.89 bits per heavy atom. The molecule has 1 aliphatic heterocycles. The van der Waals surface area contributed by atoms with E-state index in [1.165, 1.54) is 43.3 Å².